The number of nitrogens with zero attached hydrogens (tertiary/aromatic N) is 3. The van der Waals surface area contributed by atoms with Crippen LogP contribution in [0.5, 0.6) is 0 Å². The van der Waals surface area contributed by atoms with E-state index in [1.165, 1.54) is 19.4 Å². The van der Waals surface area contributed by atoms with Crippen molar-refractivity contribution in [3.63, 3.8) is 0 Å². The summed E-state index contributed by atoms with van der Waals surface area (Å²) in [5.41, 5.74) is 2.41. The van der Waals surface area contributed by atoms with Crippen LogP contribution in [-0.4, -0.2) is 90.8 Å². The molecule has 0 bridgehead atoms. The van der Waals surface area contributed by atoms with Crippen LogP contribution in [0.3, 0.4) is 0 Å². The quantitative estimate of drug-likeness (QED) is 0.497. The number of piperidine rings is 2. The first-order valence-electron chi connectivity index (χ1n) is 12.5. The van der Waals surface area contributed by atoms with Crippen LogP contribution in [0.1, 0.15) is 47.2 Å². The molecule has 1 unspecified atom stereocenters. The molecule has 3 saturated heterocycles. The Morgan fingerprint density at radius 3 is 2.50 bits per heavy atom. The Morgan fingerprint density at radius 1 is 0.971 bits per heavy atom. The average molecular weight is 464 g/mol. The highest BCUT2D eigenvalue weighted by molar-refractivity contribution is 6.05. The molecule has 4 aliphatic rings. The molecular weight excluding hydrogens is 430 g/mol. The van der Waals surface area contributed by atoms with Crippen LogP contribution in [0.15, 0.2) is 18.2 Å². The minimum Gasteiger partial charge on any atom is -0.322 e. The summed E-state index contributed by atoms with van der Waals surface area (Å²) in [6.45, 7) is 9.02. The molecule has 3 amide bonds. The number of nitrogens with one attached hydrogen (secondary N) is 2. The van der Waals surface area contributed by atoms with Crippen molar-refractivity contribution in [3.8, 4) is 11.8 Å². The van der Waals surface area contributed by atoms with Crippen LogP contribution < -0.4 is 10.6 Å². The van der Waals surface area contributed by atoms with E-state index in [0.717, 1.165) is 62.9 Å². The fourth-order valence-electron chi connectivity index (χ4n) is 5.47. The Bertz CT molecular complexity index is 1010. The topological polar surface area (TPSA) is 85.0 Å². The van der Waals surface area contributed by atoms with E-state index in [-0.39, 0.29) is 24.1 Å². The maximum absolute atomic E-state index is 12.8. The molecule has 34 heavy (non-hydrogen) atoms. The third-order valence-corrected chi connectivity index (χ3v) is 7.50. The number of carbonyl (C=O) groups is 3. The third kappa shape index (κ3) is 5.17. The van der Waals surface area contributed by atoms with Crippen LogP contribution in [0.25, 0.3) is 0 Å². The molecule has 0 saturated carbocycles. The predicted molar refractivity (Wildman–Crippen MR) is 128 cm³/mol. The molecule has 5 rings (SSSR count). The number of hydrogen-bond donors (Lipinski definition) is 2. The molecule has 8 heteroatoms. The molecule has 0 radical (unpaired) electrons. The van der Waals surface area contributed by atoms with Crippen molar-refractivity contribution >= 4 is 17.7 Å². The van der Waals surface area contributed by atoms with E-state index in [1.807, 2.05) is 18.2 Å². The van der Waals surface area contributed by atoms with Crippen LogP contribution in [-0.2, 0) is 16.1 Å². The zero-order chi connectivity index (χ0) is 23.5. The summed E-state index contributed by atoms with van der Waals surface area (Å²) in [5.74, 6) is 6.60. The minimum atomic E-state index is -0.583. The minimum absolute atomic E-state index is 0.147. The lowest BCUT2D eigenvalue weighted by Gasteiger charge is -2.36. The summed E-state index contributed by atoms with van der Waals surface area (Å²) < 4.78 is 0. The molecule has 180 valence electrons. The standard InChI is InChI=1S/C26H33N5O3/c32-24-6-5-23(25(33)28-24)31-18-21-16-19(3-4-22(21)26(31)34)2-1-11-29-12-14-30(15-13-29)17-20-7-9-27-10-8-20/h3-4,16,20,23,27H,5-15,17-18H2,(H,28,32,33). The van der Waals surface area contributed by atoms with Crippen molar-refractivity contribution in [2.45, 2.75) is 38.3 Å². The smallest absolute Gasteiger partial charge is 0.255 e. The average Bonchev–Trinajstić information content (AvgIpc) is 3.16. The summed E-state index contributed by atoms with van der Waals surface area (Å²) in [6.07, 6.45) is 3.23. The number of hydrogen-bond acceptors (Lipinski definition) is 6. The zero-order valence-corrected chi connectivity index (χ0v) is 19.6. The molecule has 0 aliphatic carbocycles. The number of benzene rings is 1. The Kier molecular flexibility index (Phi) is 6.95. The summed E-state index contributed by atoms with van der Waals surface area (Å²) in [6, 6.07) is 5.07. The normalized spacial score (nSPS) is 24.5. The SMILES string of the molecule is O=C1CCC(N2Cc3cc(C#CCN4CCN(CC5CCNCC5)CC4)ccc3C2=O)C(=O)N1. The largest absolute Gasteiger partial charge is 0.322 e. The van der Waals surface area contributed by atoms with Crippen molar-refractivity contribution in [2.75, 3.05) is 52.4 Å². The molecule has 1 aromatic carbocycles. The van der Waals surface area contributed by atoms with Crippen LogP contribution in [0.2, 0.25) is 0 Å². The summed E-state index contributed by atoms with van der Waals surface area (Å²) >= 11 is 0. The first-order valence-corrected chi connectivity index (χ1v) is 12.5. The van der Waals surface area contributed by atoms with Gasteiger partial charge in [0.2, 0.25) is 11.8 Å². The van der Waals surface area contributed by atoms with Crippen molar-refractivity contribution in [3.05, 3.63) is 34.9 Å². The van der Waals surface area contributed by atoms with Gasteiger partial charge in [-0.2, -0.15) is 0 Å². The first-order chi connectivity index (χ1) is 16.6. The highest BCUT2D eigenvalue weighted by Crippen LogP contribution is 2.28. The van der Waals surface area contributed by atoms with Crippen LogP contribution in [0.4, 0.5) is 0 Å². The first kappa shape index (κ1) is 23.0. The Balaban J connectivity index is 1.12. The second kappa shape index (κ2) is 10.3. The van der Waals surface area contributed by atoms with Gasteiger partial charge in [-0.05, 0) is 62.0 Å². The van der Waals surface area contributed by atoms with Crippen molar-refractivity contribution in [1.82, 2.24) is 25.3 Å². The van der Waals surface area contributed by atoms with Gasteiger partial charge in [-0.25, -0.2) is 0 Å². The Labute approximate surface area is 201 Å². The van der Waals surface area contributed by atoms with Gasteiger partial charge in [0, 0.05) is 56.8 Å². The number of imide groups is 1. The van der Waals surface area contributed by atoms with E-state index in [1.54, 1.807) is 4.90 Å². The maximum Gasteiger partial charge on any atom is 0.255 e. The fraction of sp³-hybridized carbons (Fsp3) is 0.577. The molecule has 1 atom stereocenters. The maximum atomic E-state index is 12.8. The number of amides is 3. The van der Waals surface area contributed by atoms with E-state index >= 15 is 0 Å². The second-order valence-corrected chi connectivity index (χ2v) is 9.84. The monoisotopic (exact) mass is 463 g/mol. The van der Waals surface area contributed by atoms with Gasteiger partial charge in [0.15, 0.2) is 0 Å². The highest BCUT2D eigenvalue weighted by Gasteiger charge is 2.39. The fourth-order valence-corrected chi connectivity index (χ4v) is 5.47. The Hall–Kier alpha value is -2.73. The van der Waals surface area contributed by atoms with Gasteiger partial charge in [-0.1, -0.05) is 11.8 Å². The van der Waals surface area contributed by atoms with Gasteiger partial charge >= 0.3 is 0 Å². The van der Waals surface area contributed by atoms with Gasteiger partial charge in [0.05, 0.1) is 6.54 Å². The highest BCUT2D eigenvalue weighted by atomic mass is 16.2. The number of carbonyl (C=O) groups excluding carboxylic acids is 3. The number of rotatable bonds is 4. The molecule has 0 spiro atoms. The number of piperazine rings is 1. The van der Waals surface area contributed by atoms with Gasteiger partial charge in [0.25, 0.3) is 5.91 Å². The van der Waals surface area contributed by atoms with Crippen molar-refractivity contribution < 1.29 is 14.4 Å². The van der Waals surface area contributed by atoms with Crippen molar-refractivity contribution in [2.24, 2.45) is 5.92 Å². The van der Waals surface area contributed by atoms with Crippen molar-refractivity contribution in [1.29, 1.82) is 0 Å². The van der Waals surface area contributed by atoms with Crippen LogP contribution in [0, 0.1) is 17.8 Å². The summed E-state index contributed by atoms with van der Waals surface area (Å²) in [5, 5.41) is 5.79. The van der Waals surface area contributed by atoms with E-state index < -0.39 is 6.04 Å². The predicted octanol–water partition coefficient (Wildman–Crippen LogP) is 0.416. The van der Waals surface area contributed by atoms with Crippen LogP contribution >= 0.6 is 0 Å². The van der Waals surface area contributed by atoms with Gasteiger partial charge in [0.1, 0.15) is 6.04 Å². The molecular formula is C26H33N5O3. The molecule has 2 N–H and O–H groups in total. The molecule has 4 heterocycles. The van der Waals surface area contributed by atoms with Gasteiger partial charge in [-0.3, -0.25) is 24.6 Å². The number of fused-ring (bicyclic) bond motifs is 1. The molecule has 8 nitrogen and oxygen atoms in total. The van der Waals surface area contributed by atoms with E-state index in [2.05, 4.69) is 32.3 Å². The van der Waals surface area contributed by atoms with E-state index in [4.69, 9.17) is 0 Å². The van der Waals surface area contributed by atoms with Gasteiger partial charge in [-0.15, -0.1) is 0 Å². The molecule has 1 aromatic rings. The zero-order valence-electron chi connectivity index (χ0n) is 19.6. The van der Waals surface area contributed by atoms with Gasteiger partial charge < -0.3 is 15.1 Å². The third-order valence-electron chi connectivity index (χ3n) is 7.50. The van der Waals surface area contributed by atoms with E-state index in [0.29, 0.717) is 18.5 Å². The Morgan fingerprint density at radius 2 is 1.74 bits per heavy atom. The summed E-state index contributed by atoms with van der Waals surface area (Å²) in [4.78, 5) is 43.0. The molecule has 3 fully saturated rings. The molecule has 4 aliphatic heterocycles. The van der Waals surface area contributed by atoms with E-state index in [9.17, 15) is 14.4 Å². The second-order valence-electron chi connectivity index (χ2n) is 9.84. The summed E-state index contributed by atoms with van der Waals surface area (Å²) in [7, 11) is 0. The lowest BCUT2D eigenvalue weighted by molar-refractivity contribution is -0.136. The molecule has 0 aromatic heterocycles. The lowest BCUT2D eigenvalue weighted by atomic mass is 9.97. The lowest BCUT2D eigenvalue weighted by Crippen LogP contribution is -2.52.